The minimum atomic E-state index is -0.440. The molecule has 7 nitrogen and oxygen atoms in total. The van der Waals surface area contributed by atoms with Gasteiger partial charge in [0.15, 0.2) is 11.5 Å². The molecule has 0 aromatic heterocycles. The van der Waals surface area contributed by atoms with Gasteiger partial charge < -0.3 is 19.5 Å². The number of hydrogen-bond acceptors (Lipinski definition) is 6. The molecule has 2 N–H and O–H groups in total. The number of carbonyl (C=O) groups excluding carboxylic acids is 1. The third kappa shape index (κ3) is 5.37. The summed E-state index contributed by atoms with van der Waals surface area (Å²) in [5.41, 5.74) is 5.25. The van der Waals surface area contributed by atoms with Crippen molar-refractivity contribution in [3.63, 3.8) is 0 Å². The Labute approximate surface area is 159 Å². The quantitative estimate of drug-likeness (QED) is 0.551. The van der Waals surface area contributed by atoms with Crippen LogP contribution < -0.4 is 25.0 Å². The fraction of sp³-hybridized carbons (Fsp3) is 0.300. The third-order valence-corrected chi connectivity index (χ3v) is 3.90. The molecule has 0 heterocycles. The average Bonchev–Trinajstić information content (AvgIpc) is 2.68. The molecular weight excluding hydrogens is 346 g/mol. The topological polar surface area (TPSA) is 81.2 Å². The number of carbonyl (C=O) groups is 1. The van der Waals surface area contributed by atoms with Gasteiger partial charge in [-0.2, -0.15) is 5.10 Å². The van der Waals surface area contributed by atoms with Crippen LogP contribution in [0, 0.1) is 6.92 Å². The molecule has 0 unspecified atom stereocenters. The van der Waals surface area contributed by atoms with E-state index in [0.717, 1.165) is 11.3 Å². The van der Waals surface area contributed by atoms with Crippen LogP contribution >= 0.6 is 0 Å². The first-order chi connectivity index (χ1) is 13.0. The number of ether oxygens (including phenoxy) is 3. The largest absolute Gasteiger partial charge is 0.493 e. The summed E-state index contributed by atoms with van der Waals surface area (Å²) in [6.07, 6.45) is 1.51. The van der Waals surface area contributed by atoms with Crippen LogP contribution in [0.5, 0.6) is 17.2 Å². The molecule has 0 saturated carbocycles. The molecule has 0 spiro atoms. The van der Waals surface area contributed by atoms with Gasteiger partial charge in [-0.25, -0.2) is 5.43 Å². The van der Waals surface area contributed by atoms with E-state index in [0.29, 0.717) is 22.8 Å². The van der Waals surface area contributed by atoms with Crippen LogP contribution in [0.2, 0.25) is 0 Å². The highest BCUT2D eigenvalue weighted by Gasteiger charge is 2.13. The molecule has 27 heavy (non-hydrogen) atoms. The van der Waals surface area contributed by atoms with E-state index in [4.69, 9.17) is 14.2 Å². The predicted octanol–water partition coefficient (Wildman–Crippen LogP) is 2.97. The SMILES string of the molecule is COc1cc(/C=N\NC(=O)[C@@H](C)Nc2ccc(C)cc2)cc(OC)c1OC. The number of aryl methyl sites for hydroxylation is 1. The maximum absolute atomic E-state index is 12.2. The Balaban J connectivity index is 2.01. The first kappa shape index (κ1) is 20.1. The maximum Gasteiger partial charge on any atom is 0.262 e. The van der Waals surface area contributed by atoms with Crippen molar-refractivity contribution < 1.29 is 19.0 Å². The van der Waals surface area contributed by atoms with Gasteiger partial charge in [-0.3, -0.25) is 4.79 Å². The Hall–Kier alpha value is -3.22. The summed E-state index contributed by atoms with van der Waals surface area (Å²) in [5, 5.41) is 7.13. The van der Waals surface area contributed by atoms with E-state index in [-0.39, 0.29) is 5.91 Å². The Bertz CT molecular complexity index is 778. The van der Waals surface area contributed by atoms with Crippen LogP contribution in [0.1, 0.15) is 18.1 Å². The fourth-order valence-corrected chi connectivity index (χ4v) is 2.41. The summed E-state index contributed by atoms with van der Waals surface area (Å²) in [4.78, 5) is 12.2. The molecule has 0 aliphatic carbocycles. The summed E-state index contributed by atoms with van der Waals surface area (Å²) in [6, 6.07) is 10.9. The minimum Gasteiger partial charge on any atom is -0.493 e. The third-order valence-electron chi connectivity index (χ3n) is 3.90. The van der Waals surface area contributed by atoms with E-state index in [1.165, 1.54) is 13.3 Å². The highest BCUT2D eigenvalue weighted by molar-refractivity contribution is 5.87. The number of hydrazone groups is 1. The molecule has 1 amide bonds. The number of anilines is 1. The average molecular weight is 371 g/mol. The molecule has 2 aromatic rings. The zero-order valence-electron chi connectivity index (χ0n) is 16.2. The second kappa shape index (κ2) is 9.47. The lowest BCUT2D eigenvalue weighted by atomic mass is 10.2. The number of rotatable bonds is 8. The van der Waals surface area contributed by atoms with Crippen molar-refractivity contribution in [2.24, 2.45) is 5.10 Å². The summed E-state index contributed by atoms with van der Waals surface area (Å²) < 4.78 is 15.9. The van der Waals surface area contributed by atoms with Gasteiger partial charge in [0.05, 0.1) is 27.5 Å². The highest BCUT2D eigenvalue weighted by atomic mass is 16.5. The van der Waals surface area contributed by atoms with Gasteiger partial charge >= 0.3 is 0 Å². The molecular formula is C20H25N3O4. The van der Waals surface area contributed by atoms with Gasteiger partial charge in [0, 0.05) is 11.3 Å². The molecule has 7 heteroatoms. The number of hydrogen-bond donors (Lipinski definition) is 2. The second-order valence-corrected chi connectivity index (χ2v) is 5.92. The zero-order chi connectivity index (χ0) is 19.8. The van der Waals surface area contributed by atoms with Crippen molar-refractivity contribution in [1.82, 2.24) is 5.43 Å². The van der Waals surface area contributed by atoms with E-state index >= 15 is 0 Å². The van der Waals surface area contributed by atoms with Gasteiger partial charge in [0.1, 0.15) is 6.04 Å². The summed E-state index contributed by atoms with van der Waals surface area (Å²) in [6.45, 7) is 3.78. The van der Waals surface area contributed by atoms with Gasteiger partial charge in [0.25, 0.3) is 5.91 Å². The number of nitrogens with zero attached hydrogens (tertiary/aromatic N) is 1. The lowest BCUT2D eigenvalue weighted by Crippen LogP contribution is -2.34. The van der Waals surface area contributed by atoms with Crippen LogP contribution in [0.15, 0.2) is 41.5 Å². The van der Waals surface area contributed by atoms with E-state index in [1.807, 2.05) is 31.2 Å². The lowest BCUT2D eigenvalue weighted by Gasteiger charge is -2.14. The van der Waals surface area contributed by atoms with Gasteiger partial charge in [-0.15, -0.1) is 0 Å². The molecule has 2 rings (SSSR count). The normalized spacial score (nSPS) is 11.7. The Morgan fingerprint density at radius 1 is 1.04 bits per heavy atom. The van der Waals surface area contributed by atoms with Crippen molar-refractivity contribution in [2.75, 3.05) is 26.6 Å². The molecule has 2 aromatic carbocycles. The summed E-state index contributed by atoms with van der Waals surface area (Å²) in [5.74, 6) is 1.27. The van der Waals surface area contributed by atoms with Crippen LogP contribution in [0.3, 0.4) is 0 Å². The van der Waals surface area contributed by atoms with Crippen LogP contribution in [-0.4, -0.2) is 39.5 Å². The van der Waals surface area contributed by atoms with Crippen molar-refractivity contribution in [2.45, 2.75) is 19.9 Å². The highest BCUT2D eigenvalue weighted by Crippen LogP contribution is 2.37. The Kier molecular flexibility index (Phi) is 7.05. The van der Waals surface area contributed by atoms with Crippen molar-refractivity contribution in [3.05, 3.63) is 47.5 Å². The number of benzene rings is 2. The molecule has 0 radical (unpaired) electrons. The summed E-state index contributed by atoms with van der Waals surface area (Å²) in [7, 11) is 4.62. The smallest absolute Gasteiger partial charge is 0.262 e. The Morgan fingerprint density at radius 2 is 1.63 bits per heavy atom. The lowest BCUT2D eigenvalue weighted by molar-refractivity contribution is -0.121. The standard InChI is InChI=1S/C20H25N3O4/c1-13-6-8-16(9-7-13)22-14(2)20(24)23-21-12-15-10-17(25-3)19(27-5)18(11-15)26-4/h6-12,14,22H,1-5H3,(H,23,24)/b21-12-/t14-/m1/s1. The van der Waals surface area contributed by atoms with E-state index < -0.39 is 6.04 Å². The maximum atomic E-state index is 12.2. The van der Waals surface area contributed by atoms with Crippen LogP contribution in [-0.2, 0) is 4.79 Å². The molecule has 0 bridgehead atoms. The second-order valence-electron chi connectivity index (χ2n) is 5.92. The number of nitrogens with one attached hydrogen (secondary N) is 2. The Morgan fingerprint density at radius 3 is 2.15 bits per heavy atom. The first-order valence-corrected chi connectivity index (χ1v) is 8.44. The zero-order valence-corrected chi connectivity index (χ0v) is 16.2. The van der Waals surface area contributed by atoms with Crippen molar-refractivity contribution >= 4 is 17.8 Å². The van der Waals surface area contributed by atoms with Crippen LogP contribution in [0.4, 0.5) is 5.69 Å². The first-order valence-electron chi connectivity index (χ1n) is 8.44. The molecule has 0 fully saturated rings. The van der Waals surface area contributed by atoms with Gasteiger partial charge in [-0.1, -0.05) is 17.7 Å². The van der Waals surface area contributed by atoms with Crippen molar-refractivity contribution in [1.29, 1.82) is 0 Å². The molecule has 144 valence electrons. The predicted molar refractivity (Wildman–Crippen MR) is 106 cm³/mol. The van der Waals surface area contributed by atoms with E-state index in [1.54, 1.807) is 33.3 Å². The molecule has 1 atom stereocenters. The van der Waals surface area contributed by atoms with E-state index in [2.05, 4.69) is 15.8 Å². The van der Waals surface area contributed by atoms with Gasteiger partial charge in [0.2, 0.25) is 5.75 Å². The van der Waals surface area contributed by atoms with E-state index in [9.17, 15) is 4.79 Å². The number of amides is 1. The molecule has 0 aliphatic rings. The molecule has 0 aliphatic heterocycles. The fourth-order valence-electron chi connectivity index (χ4n) is 2.41. The van der Waals surface area contributed by atoms with Crippen LogP contribution in [0.25, 0.3) is 0 Å². The van der Waals surface area contributed by atoms with Crippen molar-refractivity contribution in [3.8, 4) is 17.2 Å². The number of methoxy groups -OCH3 is 3. The molecule has 0 saturated heterocycles. The minimum absolute atomic E-state index is 0.251. The monoisotopic (exact) mass is 371 g/mol. The summed E-state index contributed by atoms with van der Waals surface area (Å²) >= 11 is 0. The van der Waals surface area contributed by atoms with Gasteiger partial charge in [-0.05, 0) is 38.1 Å².